The van der Waals surface area contributed by atoms with Crippen LogP contribution in [-0.4, -0.2) is 44.0 Å². The smallest absolute Gasteiger partial charge is 0.251 e. The number of hydrogen-bond donors (Lipinski definition) is 2. The normalized spacial score (nSPS) is 11.2. The Bertz CT molecular complexity index is 984. The molecule has 0 saturated heterocycles. The van der Waals surface area contributed by atoms with E-state index in [1.54, 1.807) is 18.0 Å². The lowest BCUT2D eigenvalue weighted by Crippen LogP contribution is -2.28. The van der Waals surface area contributed by atoms with Gasteiger partial charge in [0.25, 0.3) is 5.91 Å². The highest BCUT2D eigenvalue weighted by molar-refractivity contribution is 7.99. The number of aromatic nitrogens is 4. The van der Waals surface area contributed by atoms with Gasteiger partial charge in [0.1, 0.15) is 5.82 Å². The van der Waals surface area contributed by atoms with Gasteiger partial charge in [-0.3, -0.25) is 4.79 Å². The van der Waals surface area contributed by atoms with Gasteiger partial charge in [0, 0.05) is 23.9 Å². The summed E-state index contributed by atoms with van der Waals surface area (Å²) in [6.07, 6.45) is 2.85. The van der Waals surface area contributed by atoms with Gasteiger partial charge in [0.15, 0.2) is 10.8 Å². The molecule has 29 heavy (non-hydrogen) atoms. The molecule has 3 aromatic rings. The Morgan fingerprint density at radius 3 is 2.76 bits per heavy atom. The summed E-state index contributed by atoms with van der Waals surface area (Å²) in [7, 11) is 0. The van der Waals surface area contributed by atoms with E-state index >= 15 is 0 Å². The molecule has 2 aromatic heterocycles. The third-order valence-corrected chi connectivity index (χ3v) is 5.39. The van der Waals surface area contributed by atoms with Crippen molar-refractivity contribution in [3.05, 3.63) is 41.6 Å². The van der Waals surface area contributed by atoms with Crippen LogP contribution in [-0.2, 0) is 6.54 Å². The summed E-state index contributed by atoms with van der Waals surface area (Å²) in [5.41, 5.74) is 2.44. The Morgan fingerprint density at radius 1 is 1.24 bits per heavy atom. The Kier molecular flexibility index (Phi) is 7.09. The van der Waals surface area contributed by atoms with Crippen LogP contribution >= 0.6 is 11.8 Å². The van der Waals surface area contributed by atoms with Crippen LogP contribution in [0.5, 0.6) is 0 Å². The molecule has 0 aliphatic heterocycles. The van der Waals surface area contributed by atoms with Gasteiger partial charge in [-0.15, -0.1) is 0 Å². The number of thioether (sulfide) groups is 1. The van der Waals surface area contributed by atoms with Gasteiger partial charge in [0.2, 0.25) is 0 Å². The fraction of sp³-hybridized carbons (Fsp3) is 0.429. The molecule has 8 heteroatoms. The van der Waals surface area contributed by atoms with Crippen molar-refractivity contribution in [3.8, 4) is 0 Å². The van der Waals surface area contributed by atoms with Gasteiger partial charge in [-0.25, -0.2) is 14.6 Å². The quantitative estimate of drug-likeness (QED) is 0.410. The lowest BCUT2D eigenvalue weighted by molar-refractivity contribution is 0.0951. The lowest BCUT2D eigenvalue weighted by atomic mass is 10.1. The number of aryl methyl sites for hydroxylation is 1. The molecule has 7 nitrogen and oxygen atoms in total. The van der Waals surface area contributed by atoms with Crippen LogP contribution < -0.4 is 10.6 Å². The Balaban J connectivity index is 1.76. The predicted octanol–water partition coefficient (Wildman–Crippen LogP) is 3.89. The lowest BCUT2D eigenvalue weighted by Gasteiger charge is -2.12. The van der Waals surface area contributed by atoms with Crippen molar-refractivity contribution in [2.45, 2.75) is 51.9 Å². The molecule has 1 amide bonds. The molecule has 0 bridgehead atoms. The molecule has 0 aliphatic rings. The average molecular weight is 413 g/mol. The number of nitrogens with one attached hydrogen (secondary N) is 2. The van der Waals surface area contributed by atoms with Crippen LogP contribution in [0.3, 0.4) is 0 Å². The fourth-order valence-corrected chi connectivity index (χ4v) is 3.63. The highest BCUT2D eigenvalue weighted by Gasteiger charge is 2.14. The Labute approximate surface area is 175 Å². The monoisotopic (exact) mass is 412 g/mol. The van der Waals surface area contributed by atoms with E-state index in [1.807, 2.05) is 35.9 Å². The maximum absolute atomic E-state index is 12.4. The van der Waals surface area contributed by atoms with Crippen LogP contribution in [0.25, 0.3) is 11.0 Å². The molecule has 1 aromatic carbocycles. The van der Waals surface area contributed by atoms with Crippen molar-refractivity contribution in [2.24, 2.45) is 0 Å². The van der Waals surface area contributed by atoms with Crippen molar-refractivity contribution in [1.29, 1.82) is 0 Å². The highest BCUT2D eigenvalue weighted by atomic mass is 32.2. The minimum atomic E-state index is -0.0736. The van der Waals surface area contributed by atoms with E-state index in [4.69, 9.17) is 4.98 Å². The van der Waals surface area contributed by atoms with E-state index in [-0.39, 0.29) is 11.9 Å². The zero-order valence-electron chi connectivity index (χ0n) is 17.4. The van der Waals surface area contributed by atoms with E-state index in [2.05, 4.69) is 41.5 Å². The second-order valence-corrected chi connectivity index (χ2v) is 8.24. The van der Waals surface area contributed by atoms with Crippen LogP contribution in [0.2, 0.25) is 0 Å². The van der Waals surface area contributed by atoms with Crippen LogP contribution in [0.15, 0.2) is 35.6 Å². The van der Waals surface area contributed by atoms with Gasteiger partial charge in [0.05, 0.1) is 18.1 Å². The molecule has 2 heterocycles. The largest absolute Gasteiger partial charge is 0.367 e. The molecule has 0 fully saturated rings. The highest BCUT2D eigenvalue weighted by Crippen LogP contribution is 2.25. The summed E-state index contributed by atoms with van der Waals surface area (Å²) < 4.78 is 1.83. The summed E-state index contributed by atoms with van der Waals surface area (Å²) in [5, 5.41) is 12.5. The number of hydrogen-bond acceptors (Lipinski definition) is 6. The summed E-state index contributed by atoms with van der Waals surface area (Å²) in [5.74, 6) is 1.70. The zero-order valence-corrected chi connectivity index (χ0v) is 18.2. The SMILES string of the molecule is CCCSc1nc(NC(C)C)c2cnn(CCNC(=O)c3ccccc3C)c2n1. The first-order valence-electron chi connectivity index (χ1n) is 9.96. The molecule has 0 aliphatic carbocycles. The van der Waals surface area contributed by atoms with Gasteiger partial charge in [-0.1, -0.05) is 36.9 Å². The number of amides is 1. The van der Waals surface area contributed by atoms with E-state index in [0.29, 0.717) is 18.7 Å². The van der Waals surface area contributed by atoms with Crippen LogP contribution in [0.4, 0.5) is 5.82 Å². The second kappa shape index (κ2) is 9.73. The molecule has 0 saturated carbocycles. The molecule has 0 spiro atoms. The topological polar surface area (TPSA) is 84.7 Å². The number of nitrogens with zero attached hydrogens (tertiary/aromatic N) is 4. The van der Waals surface area contributed by atoms with E-state index in [1.165, 1.54) is 0 Å². The first kappa shape index (κ1) is 21.1. The number of benzene rings is 1. The van der Waals surface area contributed by atoms with E-state index in [0.717, 1.165) is 39.7 Å². The van der Waals surface area contributed by atoms with Crippen molar-refractivity contribution in [1.82, 2.24) is 25.1 Å². The van der Waals surface area contributed by atoms with Crippen LogP contribution in [0.1, 0.15) is 43.1 Å². The number of rotatable bonds is 9. The maximum Gasteiger partial charge on any atom is 0.251 e. The second-order valence-electron chi connectivity index (χ2n) is 7.18. The van der Waals surface area contributed by atoms with E-state index < -0.39 is 0 Å². The summed E-state index contributed by atoms with van der Waals surface area (Å²) in [6, 6.07) is 7.83. The number of anilines is 1. The zero-order chi connectivity index (χ0) is 20.8. The molecule has 0 radical (unpaired) electrons. The Morgan fingerprint density at radius 2 is 2.03 bits per heavy atom. The third kappa shape index (κ3) is 5.26. The molecule has 2 N–H and O–H groups in total. The maximum atomic E-state index is 12.4. The summed E-state index contributed by atoms with van der Waals surface area (Å²) in [6.45, 7) is 9.25. The van der Waals surface area contributed by atoms with Crippen LogP contribution in [0, 0.1) is 6.92 Å². The molecule has 154 valence electrons. The molecule has 3 rings (SSSR count). The standard InChI is InChI=1S/C21H28N6OS/c1-5-12-29-21-25-18(24-14(2)3)17-13-23-27(19(17)26-21)11-10-22-20(28)16-9-7-6-8-15(16)4/h6-9,13-14H,5,10-12H2,1-4H3,(H,22,28)(H,24,25,26). The predicted molar refractivity (Wildman–Crippen MR) is 119 cm³/mol. The summed E-state index contributed by atoms with van der Waals surface area (Å²) in [4.78, 5) is 21.8. The number of carbonyl (C=O) groups is 1. The van der Waals surface area contributed by atoms with Gasteiger partial charge >= 0.3 is 0 Å². The number of fused-ring (bicyclic) bond motifs is 1. The average Bonchev–Trinajstić information content (AvgIpc) is 3.09. The minimum absolute atomic E-state index is 0.0736. The molecule has 0 atom stereocenters. The van der Waals surface area contributed by atoms with E-state index in [9.17, 15) is 4.79 Å². The minimum Gasteiger partial charge on any atom is -0.367 e. The first-order valence-corrected chi connectivity index (χ1v) is 10.9. The van der Waals surface area contributed by atoms with Crippen molar-refractivity contribution >= 4 is 34.5 Å². The van der Waals surface area contributed by atoms with Crippen molar-refractivity contribution in [2.75, 3.05) is 17.6 Å². The summed E-state index contributed by atoms with van der Waals surface area (Å²) >= 11 is 1.64. The molecule has 0 unspecified atom stereocenters. The number of carbonyl (C=O) groups excluding carboxylic acids is 1. The third-order valence-electron chi connectivity index (χ3n) is 4.34. The first-order chi connectivity index (χ1) is 14.0. The molecular weight excluding hydrogens is 384 g/mol. The van der Waals surface area contributed by atoms with Crippen molar-refractivity contribution < 1.29 is 4.79 Å². The molecular formula is C21H28N6OS. The van der Waals surface area contributed by atoms with Gasteiger partial charge < -0.3 is 10.6 Å². The Hall–Kier alpha value is -2.61. The van der Waals surface area contributed by atoms with Gasteiger partial charge in [-0.2, -0.15) is 5.10 Å². The fourth-order valence-electron chi connectivity index (χ4n) is 2.94. The van der Waals surface area contributed by atoms with Crippen molar-refractivity contribution in [3.63, 3.8) is 0 Å². The van der Waals surface area contributed by atoms with Gasteiger partial charge in [-0.05, 0) is 38.8 Å².